The molecule has 0 saturated carbocycles. The zero-order valence-corrected chi connectivity index (χ0v) is 15.6. The van der Waals surface area contributed by atoms with Crippen molar-refractivity contribution >= 4 is 40.5 Å². The molecule has 0 aliphatic heterocycles. The smallest absolute Gasteiger partial charge is 0.312 e. The molecule has 0 atom stereocenters. The summed E-state index contributed by atoms with van der Waals surface area (Å²) in [7, 11) is 0. The van der Waals surface area contributed by atoms with Crippen LogP contribution in [0.3, 0.4) is 0 Å². The van der Waals surface area contributed by atoms with Crippen LogP contribution in [0.4, 0.5) is 0 Å². The molecule has 0 radical (unpaired) electrons. The van der Waals surface area contributed by atoms with E-state index in [0.29, 0.717) is 11.3 Å². The lowest BCUT2D eigenvalue weighted by molar-refractivity contribution is -0.148. The molecule has 1 aromatic carbocycles. The van der Waals surface area contributed by atoms with E-state index in [-0.39, 0.29) is 6.42 Å². The summed E-state index contributed by atoms with van der Waals surface area (Å²) in [6.45, 7) is -0.491. The first-order valence-electron chi connectivity index (χ1n) is 7.88. The molecule has 0 fully saturated rings. The molecule has 0 aliphatic rings. The van der Waals surface area contributed by atoms with Crippen LogP contribution < -0.4 is 10.9 Å². The van der Waals surface area contributed by atoms with E-state index in [1.165, 1.54) is 11.3 Å². The number of hydrogen-bond donors (Lipinski definition) is 2. The van der Waals surface area contributed by atoms with E-state index in [9.17, 15) is 14.4 Å². The Labute approximate surface area is 163 Å². The summed E-state index contributed by atoms with van der Waals surface area (Å²) in [5.41, 5.74) is 6.45. The van der Waals surface area contributed by atoms with E-state index in [2.05, 4.69) is 15.8 Å². The van der Waals surface area contributed by atoms with Crippen LogP contribution in [0.5, 0.6) is 0 Å². The zero-order valence-electron chi connectivity index (χ0n) is 14.0. The van der Waals surface area contributed by atoms with Crippen LogP contribution >= 0.6 is 22.7 Å². The number of carbonyl (C=O) groups excluding carboxylic acids is 3. The number of ether oxygens (including phenoxy) is 1. The number of aromatic nitrogens is 1. The molecule has 138 valence electrons. The van der Waals surface area contributed by atoms with E-state index in [0.717, 1.165) is 10.6 Å². The number of carbonyl (C=O) groups is 3. The summed E-state index contributed by atoms with van der Waals surface area (Å²) < 4.78 is 4.91. The van der Waals surface area contributed by atoms with E-state index >= 15 is 0 Å². The zero-order chi connectivity index (χ0) is 19.1. The predicted octanol–water partition coefficient (Wildman–Crippen LogP) is 2.42. The highest BCUT2D eigenvalue weighted by Crippen LogP contribution is 2.25. The Morgan fingerprint density at radius 2 is 1.85 bits per heavy atom. The van der Waals surface area contributed by atoms with E-state index in [1.54, 1.807) is 47.0 Å². The maximum absolute atomic E-state index is 11.8. The van der Waals surface area contributed by atoms with Crippen molar-refractivity contribution in [1.29, 1.82) is 0 Å². The number of amides is 2. The van der Waals surface area contributed by atoms with E-state index in [1.807, 2.05) is 16.8 Å². The molecule has 7 nitrogen and oxygen atoms in total. The van der Waals surface area contributed by atoms with Crippen LogP contribution in [-0.2, 0) is 20.7 Å². The first-order chi connectivity index (χ1) is 13.1. The molecule has 3 aromatic rings. The Kier molecular flexibility index (Phi) is 6.29. The molecule has 2 aromatic heterocycles. The van der Waals surface area contributed by atoms with Gasteiger partial charge in [0.1, 0.15) is 5.01 Å². The number of rotatable bonds is 6. The van der Waals surface area contributed by atoms with Crippen molar-refractivity contribution in [2.45, 2.75) is 6.42 Å². The molecule has 0 bridgehead atoms. The number of hydrazine groups is 1. The van der Waals surface area contributed by atoms with Gasteiger partial charge in [0.05, 0.1) is 12.1 Å². The molecule has 2 N–H and O–H groups in total. The quantitative estimate of drug-likeness (QED) is 0.488. The SMILES string of the molecule is O=C(COC(=O)Cc1csc(-c2ccsc2)n1)NNC(=O)c1ccccc1. The molecule has 0 saturated heterocycles. The van der Waals surface area contributed by atoms with Crippen molar-refractivity contribution < 1.29 is 19.1 Å². The highest BCUT2D eigenvalue weighted by atomic mass is 32.1. The first kappa shape index (κ1) is 18.7. The second-order valence-corrected chi connectivity index (χ2v) is 7.00. The fraction of sp³-hybridized carbons (Fsp3) is 0.111. The normalized spacial score (nSPS) is 10.2. The first-order valence-corrected chi connectivity index (χ1v) is 9.71. The van der Waals surface area contributed by atoms with Crippen LogP contribution in [0.2, 0.25) is 0 Å². The Balaban J connectivity index is 1.40. The number of hydrogen-bond acceptors (Lipinski definition) is 7. The minimum absolute atomic E-state index is 0.0235. The van der Waals surface area contributed by atoms with Gasteiger partial charge in [-0.1, -0.05) is 18.2 Å². The summed E-state index contributed by atoms with van der Waals surface area (Å²) >= 11 is 3.02. The van der Waals surface area contributed by atoms with Crippen molar-refractivity contribution in [3.05, 3.63) is 63.8 Å². The summed E-state index contributed by atoms with van der Waals surface area (Å²) in [6.07, 6.45) is -0.0235. The fourth-order valence-electron chi connectivity index (χ4n) is 2.08. The molecule has 0 spiro atoms. The van der Waals surface area contributed by atoms with Gasteiger partial charge >= 0.3 is 5.97 Å². The van der Waals surface area contributed by atoms with Crippen LogP contribution in [0.25, 0.3) is 10.6 Å². The highest BCUT2D eigenvalue weighted by Gasteiger charge is 2.13. The standard InChI is InChI=1S/C18H15N3O4S2/c22-15(20-21-17(24)12-4-2-1-3-5-12)9-25-16(23)8-14-11-27-18(19-14)13-6-7-26-10-13/h1-7,10-11H,8-9H2,(H,20,22)(H,21,24). The van der Waals surface area contributed by atoms with E-state index < -0.39 is 24.4 Å². The molecular formula is C18H15N3O4S2. The van der Waals surface area contributed by atoms with E-state index in [4.69, 9.17) is 4.74 Å². The van der Waals surface area contributed by atoms with Crippen LogP contribution in [-0.4, -0.2) is 29.4 Å². The average Bonchev–Trinajstić information content (AvgIpc) is 3.37. The lowest BCUT2D eigenvalue weighted by Gasteiger charge is -2.07. The number of nitrogens with zero attached hydrogens (tertiary/aromatic N) is 1. The number of thiophene rings is 1. The van der Waals surface area contributed by atoms with Crippen LogP contribution in [0, 0.1) is 0 Å². The van der Waals surface area contributed by atoms with Gasteiger partial charge in [0.25, 0.3) is 11.8 Å². The number of thiazole rings is 1. The number of benzene rings is 1. The fourth-order valence-corrected chi connectivity index (χ4v) is 3.61. The third-order valence-electron chi connectivity index (χ3n) is 3.36. The van der Waals surface area contributed by atoms with Crippen molar-refractivity contribution in [3.63, 3.8) is 0 Å². The summed E-state index contributed by atoms with van der Waals surface area (Å²) in [5.74, 6) is -1.66. The van der Waals surface area contributed by atoms with Gasteiger partial charge in [-0.2, -0.15) is 11.3 Å². The minimum Gasteiger partial charge on any atom is -0.455 e. The van der Waals surface area contributed by atoms with Crippen molar-refractivity contribution in [2.24, 2.45) is 0 Å². The number of esters is 1. The highest BCUT2D eigenvalue weighted by molar-refractivity contribution is 7.14. The van der Waals surface area contributed by atoms with Gasteiger partial charge in [0, 0.05) is 21.9 Å². The Morgan fingerprint density at radius 1 is 1.04 bits per heavy atom. The predicted molar refractivity (Wildman–Crippen MR) is 102 cm³/mol. The Hall–Kier alpha value is -3.04. The van der Waals surface area contributed by atoms with Crippen molar-refractivity contribution in [3.8, 4) is 10.6 Å². The molecule has 9 heteroatoms. The lowest BCUT2D eigenvalue weighted by Crippen LogP contribution is -2.43. The van der Waals surface area contributed by atoms with Crippen LogP contribution in [0.15, 0.2) is 52.5 Å². The van der Waals surface area contributed by atoms with Gasteiger partial charge in [-0.15, -0.1) is 11.3 Å². The largest absolute Gasteiger partial charge is 0.455 e. The lowest BCUT2D eigenvalue weighted by atomic mass is 10.2. The van der Waals surface area contributed by atoms with Gasteiger partial charge in [-0.25, -0.2) is 4.98 Å². The summed E-state index contributed by atoms with van der Waals surface area (Å²) in [5, 5.41) is 6.56. The van der Waals surface area contributed by atoms with Gasteiger partial charge in [-0.05, 0) is 23.6 Å². The molecule has 0 aliphatic carbocycles. The molecule has 2 heterocycles. The van der Waals surface area contributed by atoms with Gasteiger partial charge in [-0.3, -0.25) is 25.2 Å². The summed E-state index contributed by atoms with van der Waals surface area (Å²) in [6, 6.07) is 10.4. The molecular weight excluding hydrogens is 386 g/mol. The Bertz CT molecular complexity index is 923. The van der Waals surface area contributed by atoms with Crippen molar-refractivity contribution in [2.75, 3.05) is 6.61 Å². The minimum atomic E-state index is -0.634. The summed E-state index contributed by atoms with van der Waals surface area (Å²) in [4.78, 5) is 39.7. The second-order valence-electron chi connectivity index (χ2n) is 5.36. The van der Waals surface area contributed by atoms with Gasteiger partial charge in [0.2, 0.25) is 0 Å². The van der Waals surface area contributed by atoms with Crippen molar-refractivity contribution in [1.82, 2.24) is 15.8 Å². The molecule has 2 amide bonds. The van der Waals surface area contributed by atoms with Gasteiger partial charge < -0.3 is 4.74 Å². The Morgan fingerprint density at radius 3 is 2.59 bits per heavy atom. The maximum Gasteiger partial charge on any atom is 0.312 e. The topological polar surface area (TPSA) is 97.4 Å². The molecule has 0 unspecified atom stereocenters. The second kappa shape index (κ2) is 9.06. The van der Waals surface area contributed by atoms with Gasteiger partial charge in [0.15, 0.2) is 6.61 Å². The number of nitrogens with one attached hydrogen (secondary N) is 2. The average molecular weight is 401 g/mol. The third kappa shape index (κ3) is 5.47. The maximum atomic E-state index is 11.8. The molecule has 27 heavy (non-hydrogen) atoms. The molecule has 3 rings (SSSR count). The van der Waals surface area contributed by atoms with Crippen LogP contribution in [0.1, 0.15) is 16.1 Å². The monoisotopic (exact) mass is 401 g/mol. The third-order valence-corrected chi connectivity index (χ3v) is 4.98.